The Bertz CT molecular complexity index is 752. The number of hydrogen-bond acceptors (Lipinski definition) is 7. The van der Waals surface area contributed by atoms with Gasteiger partial charge in [-0.25, -0.2) is 9.59 Å². The van der Waals surface area contributed by atoms with Gasteiger partial charge in [0.2, 0.25) is 0 Å². The molecule has 2 rings (SSSR count). The average Bonchev–Trinajstić information content (AvgIpc) is 2.69. The molecule has 5 N–H and O–H groups in total. The zero-order chi connectivity index (χ0) is 21.1. The van der Waals surface area contributed by atoms with E-state index < -0.39 is 24.1 Å². The highest BCUT2D eigenvalue weighted by atomic mass is 16.4. The van der Waals surface area contributed by atoms with Gasteiger partial charge >= 0.3 is 11.9 Å². The highest BCUT2D eigenvalue weighted by Gasteiger charge is 2.29. The second kappa shape index (κ2) is 11.6. The fraction of sp³-hybridized carbons (Fsp3) is 0.368. The molecule has 152 valence electrons. The molecule has 0 fully saturated rings. The van der Waals surface area contributed by atoms with Crippen molar-refractivity contribution >= 4 is 17.8 Å². The van der Waals surface area contributed by atoms with E-state index in [4.69, 9.17) is 20.4 Å². The molecule has 1 aromatic heterocycles. The van der Waals surface area contributed by atoms with Gasteiger partial charge in [-0.3, -0.25) is 0 Å². The number of aryl methyl sites for hydroxylation is 1. The summed E-state index contributed by atoms with van der Waals surface area (Å²) in [6, 6.07) is 12.2. The smallest absolute Gasteiger partial charge is 0.335 e. The zero-order valence-corrected chi connectivity index (χ0v) is 15.7. The lowest BCUT2D eigenvalue weighted by molar-refractivity contribution is -0.165. The monoisotopic (exact) mass is 391 g/mol. The van der Waals surface area contributed by atoms with Crippen molar-refractivity contribution in [1.82, 2.24) is 10.2 Å². The lowest BCUT2D eigenvalue weighted by atomic mass is 10.1. The molecule has 0 bridgehead atoms. The van der Waals surface area contributed by atoms with Crippen molar-refractivity contribution in [2.24, 2.45) is 0 Å². The van der Waals surface area contributed by atoms with Crippen LogP contribution in [-0.4, -0.2) is 61.3 Å². The number of aliphatic carboxylic acids is 2. The largest absolute Gasteiger partial charge is 0.479 e. The topological polar surface area (TPSA) is 153 Å². The minimum absolute atomic E-state index is 0.892. The van der Waals surface area contributed by atoms with Crippen molar-refractivity contribution in [2.75, 3.05) is 11.9 Å². The number of nitrogens with zero attached hydrogens (tertiary/aromatic N) is 2. The van der Waals surface area contributed by atoms with Crippen LogP contribution in [0.1, 0.15) is 25.3 Å². The van der Waals surface area contributed by atoms with E-state index >= 15 is 0 Å². The van der Waals surface area contributed by atoms with Crippen LogP contribution in [0.15, 0.2) is 36.4 Å². The maximum absolute atomic E-state index is 9.77. The van der Waals surface area contributed by atoms with Gasteiger partial charge in [0.15, 0.2) is 18.0 Å². The molecule has 9 heteroatoms. The molecule has 1 aromatic carbocycles. The van der Waals surface area contributed by atoms with Gasteiger partial charge in [0, 0.05) is 12.1 Å². The van der Waals surface area contributed by atoms with Crippen LogP contribution in [0.3, 0.4) is 0 Å². The molecule has 2 atom stereocenters. The Morgan fingerprint density at radius 2 is 1.61 bits per heavy atom. The van der Waals surface area contributed by atoms with Crippen LogP contribution in [0.5, 0.6) is 0 Å². The first-order valence-electron chi connectivity index (χ1n) is 8.73. The molecular formula is C19H25N3O6. The molecular weight excluding hydrogens is 366 g/mol. The zero-order valence-electron chi connectivity index (χ0n) is 15.7. The van der Waals surface area contributed by atoms with Gasteiger partial charge in [0.1, 0.15) is 0 Å². The Kier molecular flexibility index (Phi) is 9.55. The van der Waals surface area contributed by atoms with Gasteiger partial charge in [0.25, 0.3) is 0 Å². The number of carboxylic acids is 2. The maximum Gasteiger partial charge on any atom is 0.335 e. The van der Waals surface area contributed by atoms with E-state index in [1.54, 1.807) is 0 Å². The van der Waals surface area contributed by atoms with E-state index in [2.05, 4.69) is 35.4 Å². The predicted octanol–water partition coefficient (Wildman–Crippen LogP) is 1.54. The fourth-order valence-corrected chi connectivity index (χ4v) is 2.06. The first-order chi connectivity index (χ1) is 13.3. The van der Waals surface area contributed by atoms with Crippen molar-refractivity contribution in [3.8, 4) is 11.3 Å². The van der Waals surface area contributed by atoms with Crippen LogP contribution in [0.4, 0.5) is 5.82 Å². The molecule has 0 saturated carbocycles. The molecule has 2 unspecified atom stereocenters. The molecule has 0 aliphatic carbocycles. The van der Waals surface area contributed by atoms with Gasteiger partial charge in [0.05, 0.1) is 5.69 Å². The van der Waals surface area contributed by atoms with Crippen molar-refractivity contribution in [1.29, 1.82) is 0 Å². The Morgan fingerprint density at radius 1 is 1.04 bits per heavy atom. The van der Waals surface area contributed by atoms with Gasteiger partial charge in [-0.1, -0.05) is 43.7 Å². The number of carboxylic acid groups (broad SMARTS) is 2. The normalized spacial score (nSPS) is 12.3. The van der Waals surface area contributed by atoms with Gasteiger partial charge in [-0.2, -0.15) is 0 Å². The number of anilines is 1. The number of aromatic nitrogens is 2. The van der Waals surface area contributed by atoms with E-state index in [9.17, 15) is 9.59 Å². The summed E-state index contributed by atoms with van der Waals surface area (Å²) in [5, 5.41) is 44.4. The first kappa shape index (κ1) is 23.0. The summed E-state index contributed by atoms with van der Waals surface area (Å²) in [7, 11) is 0. The number of aliphatic hydroxyl groups excluding tert-OH is 2. The Hall–Kier alpha value is -3.04. The summed E-state index contributed by atoms with van der Waals surface area (Å²) in [6.45, 7) is 5.20. The van der Waals surface area contributed by atoms with E-state index in [-0.39, 0.29) is 0 Å². The van der Waals surface area contributed by atoms with Crippen LogP contribution in [0, 0.1) is 6.92 Å². The number of unbranched alkanes of at least 4 members (excludes halogenated alkanes) is 1. The van der Waals surface area contributed by atoms with Crippen LogP contribution in [-0.2, 0) is 9.59 Å². The van der Waals surface area contributed by atoms with E-state index in [1.165, 1.54) is 6.42 Å². The molecule has 0 spiro atoms. The minimum atomic E-state index is -2.27. The predicted molar refractivity (Wildman–Crippen MR) is 103 cm³/mol. The third kappa shape index (κ3) is 7.29. The summed E-state index contributed by atoms with van der Waals surface area (Å²) in [4.78, 5) is 19.5. The van der Waals surface area contributed by atoms with Crippen LogP contribution >= 0.6 is 0 Å². The van der Waals surface area contributed by atoms with E-state index in [1.807, 2.05) is 30.3 Å². The lowest BCUT2D eigenvalue weighted by Crippen LogP contribution is -2.39. The molecule has 0 radical (unpaired) electrons. The molecule has 1 heterocycles. The fourth-order valence-electron chi connectivity index (χ4n) is 2.06. The van der Waals surface area contributed by atoms with Crippen molar-refractivity contribution in [3.05, 3.63) is 42.0 Å². The third-order valence-corrected chi connectivity index (χ3v) is 3.68. The van der Waals surface area contributed by atoms with Crippen LogP contribution in [0.25, 0.3) is 11.3 Å². The van der Waals surface area contributed by atoms with Crippen molar-refractivity contribution < 1.29 is 30.0 Å². The number of benzene rings is 1. The second-order valence-electron chi connectivity index (χ2n) is 5.97. The summed E-state index contributed by atoms with van der Waals surface area (Å²) >= 11 is 0. The number of aliphatic hydroxyl groups is 2. The Labute approximate surface area is 162 Å². The van der Waals surface area contributed by atoms with Gasteiger partial charge < -0.3 is 25.7 Å². The summed E-state index contributed by atoms with van der Waals surface area (Å²) in [5.41, 5.74) is 3.17. The highest BCUT2D eigenvalue weighted by Crippen LogP contribution is 2.19. The van der Waals surface area contributed by atoms with Crippen LogP contribution in [0.2, 0.25) is 0 Å². The molecule has 0 saturated heterocycles. The number of carbonyl (C=O) groups is 2. The van der Waals surface area contributed by atoms with E-state index in [0.29, 0.717) is 0 Å². The first-order valence-corrected chi connectivity index (χ1v) is 8.73. The van der Waals surface area contributed by atoms with Crippen molar-refractivity contribution in [2.45, 2.75) is 38.9 Å². The minimum Gasteiger partial charge on any atom is -0.479 e. The lowest BCUT2D eigenvalue weighted by Gasteiger charge is -2.08. The quantitative estimate of drug-likeness (QED) is 0.422. The number of hydrogen-bond donors (Lipinski definition) is 5. The maximum atomic E-state index is 9.77. The summed E-state index contributed by atoms with van der Waals surface area (Å²) in [6.07, 6.45) is -2.20. The van der Waals surface area contributed by atoms with Crippen molar-refractivity contribution in [3.63, 3.8) is 0 Å². The molecule has 9 nitrogen and oxygen atoms in total. The van der Waals surface area contributed by atoms with E-state index in [0.717, 1.165) is 35.6 Å². The standard InChI is InChI=1S/C15H19N3.C4H6O6/c1-3-4-10-16-15-12(2)11-14(17-18-15)13-8-6-5-7-9-13;5-1(3(7)8)2(6)4(9)10/h5-9,11H,3-4,10H2,1-2H3,(H,16,18);1-2,5-6H,(H,7,8)(H,9,10). The molecule has 0 aliphatic heterocycles. The molecule has 2 aromatic rings. The van der Waals surface area contributed by atoms with Gasteiger partial charge in [-0.15, -0.1) is 10.2 Å². The Balaban J connectivity index is 0.000000336. The summed E-state index contributed by atoms with van der Waals surface area (Å²) in [5.74, 6) is -2.65. The van der Waals surface area contributed by atoms with Gasteiger partial charge in [-0.05, 0) is 25.0 Å². The Morgan fingerprint density at radius 3 is 2.07 bits per heavy atom. The number of rotatable bonds is 8. The summed E-state index contributed by atoms with van der Waals surface area (Å²) < 4.78 is 0. The third-order valence-electron chi connectivity index (χ3n) is 3.68. The SMILES string of the molecule is CCCCNc1nnc(-c2ccccc2)cc1C.O=C(O)C(O)C(O)C(=O)O. The molecule has 0 aliphatic rings. The highest BCUT2D eigenvalue weighted by molar-refractivity contribution is 5.83. The number of nitrogens with one attached hydrogen (secondary N) is 1. The van der Waals surface area contributed by atoms with Crippen LogP contribution < -0.4 is 5.32 Å². The molecule has 0 amide bonds. The molecule has 28 heavy (non-hydrogen) atoms. The average molecular weight is 391 g/mol. The second-order valence-corrected chi connectivity index (χ2v) is 5.97.